The molecule has 0 heterocycles. The van der Waals surface area contributed by atoms with Crippen LogP contribution in [0.5, 0.6) is 0 Å². The Kier molecular flexibility index (Phi) is 8.26. The number of nitrogens with one attached hydrogen (secondary N) is 2. The number of amides is 1. The van der Waals surface area contributed by atoms with E-state index in [2.05, 4.69) is 17.6 Å². The second-order valence-electron chi connectivity index (χ2n) is 5.78. The summed E-state index contributed by atoms with van der Waals surface area (Å²) in [7, 11) is 0. The fourth-order valence-electron chi connectivity index (χ4n) is 2.88. The fourth-order valence-corrected chi connectivity index (χ4v) is 2.88. The third-order valence-corrected chi connectivity index (χ3v) is 4.37. The summed E-state index contributed by atoms with van der Waals surface area (Å²) in [6.45, 7) is 3.95. The Morgan fingerprint density at radius 3 is 2.60 bits per heavy atom. The number of carboxylic acid groups (broad SMARTS) is 1. The molecule has 0 aliphatic heterocycles. The van der Waals surface area contributed by atoms with Crippen LogP contribution in [0.4, 0.5) is 0 Å². The zero-order chi connectivity index (χ0) is 14.8. The summed E-state index contributed by atoms with van der Waals surface area (Å²) in [4.78, 5) is 21.1. The lowest BCUT2D eigenvalue weighted by atomic mass is 9.86. The van der Waals surface area contributed by atoms with Crippen LogP contribution in [0, 0.1) is 11.8 Å². The first kappa shape index (κ1) is 17.0. The Morgan fingerprint density at radius 1 is 1.35 bits per heavy atom. The van der Waals surface area contributed by atoms with Crippen LogP contribution >= 0.6 is 0 Å². The lowest BCUT2D eigenvalue weighted by Crippen LogP contribution is -2.37. The van der Waals surface area contributed by atoms with E-state index in [9.17, 15) is 9.59 Å². The van der Waals surface area contributed by atoms with E-state index in [4.69, 9.17) is 5.11 Å². The first-order chi connectivity index (χ1) is 9.67. The third kappa shape index (κ3) is 6.37. The van der Waals surface area contributed by atoms with Crippen molar-refractivity contribution in [3.05, 3.63) is 0 Å². The molecular weight excluding hydrogens is 256 g/mol. The van der Waals surface area contributed by atoms with Crippen molar-refractivity contribution in [3.8, 4) is 0 Å². The molecule has 5 heteroatoms. The molecule has 1 unspecified atom stereocenters. The van der Waals surface area contributed by atoms with Gasteiger partial charge in [0.05, 0.1) is 5.92 Å². The quantitative estimate of drug-likeness (QED) is 0.422. The minimum Gasteiger partial charge on any atom is -0.481 e. The van der Waals surface area contributed by atoms with Crippen LogP contribution in [-0.4, -0.2) is 36.6 Å². The van der Waals surface area contributed by atoms with Gasteiger partial charge in [0.1, 0.15) is 0 Å². The van der Waals surface area contributed by atoms with E-state index in [1.54, 1.807) is 0 Å². The standard InChI is InChI=1S/C15H28N2O3/c1-2-12(4-3-9-16-11-18)10-17-14-7-5-13(6-8-14)15(19)20/h11-14,17H,2-10H2,1H3,(H,16,18)(H,19,20). The van der Waals surface area contributed by atoms with Crippen molar-refractivity contribution in [2.24, 2.45) is 11.8 Å². The highest BCUT2D eigenvalue weighted by molar-refractivity contribution is 5.70. The van der Waals surface area contributed by atoms with Crippen LogP contribution < -0.4 is 10.6 Å². The first-order valence-electron chi connectivity index (χ1n) is 7.80. The van der Waals surface area contributed by atoms with Gasteiger partial charge in [0, 0.05) is 12.6 Å². The molecule has 1 saturated carbocycles. The molecule has 0 radical (unpaired) electrons. The molecule has 20 heavy (non-hydrogen) atoms. The monoisotopic (exact) mass is 284 g/mol. The molecule has 3 N–H and O–H groups in total. The molecule has 0 aromatic heterocycles. The normalized spacial score (nSPS) is 24.1. The molecule has 1 aliphatic rings. The van der Waals surface area contributed by atoms with Gasteiger partial charge in [-0.2, -0.15) is 0 Å². The smallest absolute Gasteiger partial charge is 0.306 e. The number of aliphatic carboxylic acids is 1. The molecule has 0 saturated heterocycles. The summed E-state index contributed by atoms with van der Waals surface area (Å²) in [5.41, 5.74) is 0. The Bertz CT molecular complexity index is 289. The van der Waals surface area contributed by atoms with Crippen LogP contribution in [0.25, 0.3) is 0 Å². The predicted molar refractivity (Wildman–Crippen MR) is 78.5 cm³/mol. The van der Waals surface area contributed by atoms with Gasteiger partial charge in [-0.25, -0.2) is 0 Å². The SMILES string of the molecule is CCC(CCCNC=O)CNC1CCC(C(=O)O)CC1. The van der Waals surface area contributed by atoms with E-state index in [1.165, 1.54) is 0 Å². The van der Waals surface area contributed by atoms with Gasteiger partial charge < -0.3 is 15.7 Å². The molecule has 0 bridgehead atoms. The van der Waals surface area contributed by atoms with Gasteiger partial charge in [-0.1, -0.05) is 13.3 Å². The number of carbonyl (C=O) groups excluding carboxylic acids is 1. The van der Waals surface area contributed by atoms with Crippen molar-refractivity contribution >= 4 is 12.4 Å². The van der Waals surface area contributed by atoms with E-state index < -0.39 is 5.97 Å². The molecule has 116 valence electrons. The highest BCUT2D eigenvalue weighted by atomic mass is 16.4. The topological polar surface area (TPSA) is 78.4 Å². The van der Waals surface area contributed by atoms with E-state index in [0.717, 1.165) is 64.4 Å². The summed E-state index contributed by atoms with van der Waals surface area (Å²) >= 11 is 0. The maximum Gasteiger partial charge on any atom is 0.306 e. The number of hydrogen-bond donors (Lipinski definition) is 3. The van der Waals surface area contributed by atoms with Crippen molar-refractivity contribution in [1.82, 2.24) is 10.6 Å². The van der Waals surface area contributed by atoms with E-state index in [1.807, 2.05) is 0 Å². The molecule has 1 aliphatic carbocycles. The van der Waals surface area contributed by atoms with Gasteiger partial charge in [-0.15, -0.1) is 0 Å². The lowest BCUT2D eigenvalue weighted by molar-refractivity contribution is -0.142. The molecule has 0 spiro atoms. The van der Waals surface area contributed by atoms with E-state index in [-0.39, 0.29) is 5.92 Å². The number of rotatable bonds is 10. The van der Waals surface area contributed by atoms with Crippen LogP contribution in [0.2, 0.25) is 0 Å². The maximum atomic E-state index is 10.9. The van der Waals surface area contributed by atoms with E-state index >= 15 is 0 Å². The predicted octanol–water partition coefficient (Wildman–Crippen LogP) is 1.77. The van der Waals surface area contributed by atoms with Crippen molar-refractivity contribution in [2.45, 2.75) is 57.9 Å². The number of hydrogen-bond acceptors (Lipinski definition) is 3. The highest BCUT2D eigenvalue weighted by Crippen LogP contribution is 2.24. The molecule has 1 rings (SSSR count). The van der Waals surface area contributed by atoms with Gasteiger partial charge in [-0.3, -0.25) is 9.59 Å². The zero-order valence-corrected chi connectivity index (χ0v) is 12.4. The average molecular weight is 284 g/mol. The molecule has 1 amide bonds. The second-order valence-corrected chi connectivity index (χ2v) is 5.78. The number of carbonyl (C=O) groups is 2. The maximum absolute atomic E-state index is 10.9. The van der Waals surface area contributed by atoms with Gasteiger partial charge in [0.25, 0.3) is 0 Å². The Balaban J connectivity index is 2.14. The Hall–Kier alpha value is -1.10. The minimum atomic E-state index is -0.641. The molecule has 0 aromatic carbocycles. The zero-order valence-electron chi connectivity index (χ0n) is 12.4. The van der Waals surface area contributed by atoms with Crippen molar-refractivity contribution < 1.29 is 14.7 Å². The third-order valence-electron chi connectivity index (χ3n) is 4.37. The summed E-state index contributed by atoms with van der Waals surface area (Å²) in [6, 6.07) is 0.479. The van der Waals surface area contributed by atoms with Gasteiger partial charge >= 0.3 is 5.97 Å². The Morgan fingerprint density at radius 2 is 2.05 bits per heavy atom. The van der Waals surface area contributed by atoms with E-state index in [0.29, 0.717) is 12.0 Å². The molecule has 5 nitrogen and oxygen atoms in total. The van der Waals surface area contributed by atoms with Gasteiger partial charge in [0.15, 0.2) is 0 Å². The average Bonchev–Trinajstić information content (AvgIpc) is 2.47. The largest absolute Gasteiger partial charge is 0.481 e. The van der Waals surface area contributed by atoms with Crippen LogP contribution in [0.1, 0.15) is 51.9 Å². The van der Waals surface area contributed by atoms with Gasteiger partial charge in [-0.05, 0) is 51.0 Å². The van der Waals surface area contributed by atoms with Crippen molar-refractivity contribution in [3.63, 3.8) is 0 Å². The number of carboxylic acids is 1. The lowest BCUT2D eigenvalue weighted by Gasteiger charge is -2.28. The highest BCUT2D eigenvalue weighted by Gasteiger charge is 2.25. The van der Waals surface area contributed by atoms with Crippen LogP contribution in [0.15, 0.2) is 0 Å². The summed E-state index contributed by atoms with van der Waals surface area (Å²) in [6.07, 6.45) is 7.57. The fraction of sp³-hybridized carbons (Fsp3) is 0.867. The summed E-state index contributed by atoms with van der Waals surface area (Å²) < 4.78 is 0. The van der Waals surface area contributed by atoms with Crippen molar-refractivity contribution in [2.75, 3.05) is 13.1 Å². The van der Waals surface area contributed by atoms with Crippen LogP contribution in [0.3, 0.4) is 0 Å². The molecule has 1 fully saturated rings. The molecule has 1 atom stereocenters. The van der Waals surface area contributed by atoms with Gasteiger partial charge in [0.2, 0.25) is 6.41 Å². The second kappa shape index (κ2) is 9.75. The Labute approximate surface area is 121 Å². The minimum absolute atomic E-state index is 0.135. The first-order valence-corrected chi connectivity index (χ1v) is 7.80. The van der Waals surface area contributed by atoms with Crippen molar-refractivity contribution in [1.29, 1.82) is 0 Å². The van der Waals surface area contributed by atoms with Crippen LogP contribution in [-0.2, 0) is 9.59 Å². The summed E-state index contributed by atoms with van der Waals surface area (Å²) in [5.74, 6) is -0.136. The summed E-state index contributed by atoms with van der Waals surface area (Å²) in [5, 5.41) is 15.3. The molecule has 0 aromatic rings. The molecular formula is C15H28N2O3.